The van der Waals surface area contributed by atoms with Crippen molar-refractivity contribution in [1.29, 1.82) is 5.41 Å². The lowest BCUT2D eigenvalue weighted by atomic mass is 9.94. The predicted molar refractivity (Wildman–Crippen MR) is 179 cm³/mol. The zero-order chi connectivity index (χ0) is 35.1. The topological polar surface area (TPSA) is 142 Å². The third-order valence-corrected chi connectivity index (χ3v) is 8.40. The second-order valence-electron chi connectivity index (χ2n) is 11.4. The van der Waals surface area contributed by atoms with Crippen molar-refractivity contribution in [2.75, 3.05) is 6.61 Å². The van der Waals surface area contributed by atoms with Crippen molar-refractivity contribution >= 4 is 64.3 Å². The van der Waals surface area contributed by atoms with Gasteiger partial charge in [0.1, 0.15) is 36.7 Å². The number of Topliss-reactive ketones (excluding diaryl/α,β-unsaturated/α-hetero) is 1. The van der Waals surface area contributed by atoms with E-state index in [2.05, 4.69) is 0 Å². The average molecular weight is 732 g/mol. The second-order valence-corrected chi connectivity index (χ2v) is 13.7. The number of carbonyl (C=O) groups is 4. The highest BCUT2D eigenvalue weighted by atomic mass is 35.6. The van der Waals surface area contributed by atoms with Gasteiger partial charge in [-0.05, 0) is 30.2 Å². The van der Waals surface area contributed by atoms with E-state index in [1.54, 1.807) is 12.1 Å². The van der Waals surface area contributed by atoms with Crippen LogP contribution < -0.4 is 0 Å². The van der Waals surface area contributed by atoms with E-state index in [1.807, 2.05) is 60.7 Å². The van der Waals surface area contributed by atoms with Gasteiger partial charge in [0, 0.05) is 6.42 Å². The Morgan fingerprint density at radius 2 is 1.31 bits per heavy atom. The van der Waals surface area contributed by atoms with Crippen molar-refractivity contribution in [1.82, 2.24) is 4.90 Å². The molecule has 2 aliphatic heterocycles. The molecule has 2 aliphatic rings. The molecule has 0 saturated carbocycles. The maximum absolute atomic E-state index is 13.9. The van der Waals surface area contributed by atoms with Crippen molar-refractivity contribution in [2.24, 2.45) is 0 Å². The summed E-state index contributed by atoms with van der Waals surface area (Å²) in [5.41, 5.74) is 1.84. The Kier molecular flexibility index (Phi) is 12.1. The molecule has 0 aliphatic carbocycles. The van der Waals surface area contributed by atoms with Crippen molar-refractivity contribution in [2.45, 2.75) is 67.4 Å². The number of hydrogen-bond acceptors (Lipinski definition) is 10. The van der Waals surface area contributed by atoms with Gasteiger partial charge in [0.25, 0.3) is 15.6 Å². The Labute approximate surface area is 297 Å². The SMILES string of the molecule is CC(=O)CCC(=O)OC[C@H]1O[C@@H](OC(=N)C(Cl)(Cl)Cl)[C@H](N2C(=O)c3ccccc3C2=O)[C@@H](OCc2ccccc2)[C@@H]1OCc1ccccc1. The first-order valence-corrected chi connectivity index (χ1v) is 16.5. The number of ketones is 1. The van der Waals surface area contributed by atoms with Gasteiger partial charge in [-0.1, -0.05) is 108 Å². The third kappa shape index (κ3) is 9.04. The van der Waals surface area contributed by atoms with Crippen molar-refractivity contribution in [3.05, 3.63) is 107 Å². The first-order chi connectivity index (χ1) is 23.4. The first kappa shape index (κ1) is 36.4. The second kappa shape index (κ2) is 16.2. The van der Waals surface area contributed by atoms with Crippen LogP contribution in [0.2, 0.25) is 0 Å². The standard InChI is InChI=1S/C35H33Cl3N2O9/c1-21(41)16-17-27(42)45-20-26-29(46-18-22-10-4-2-5-11-22)30(47-19-23-12-6-3-7-13-23)28(33(48-26)49-34(39)35(36,37)38)40-31(43)24-14-8-9-15-25(24)32(40)44/h2-15,26,28-30,33,39H,16-20H2,1H3/t26-,28-,29-,30-,33+/m1/s1. The number of fused-ring (bicyclic) bond motifs is 1. The fourth-order valence-corrected chi connectivity index (χ4v) is 5.64. The molecular formula is C35H33Cl3N2O9. The van der Waals surface area contributed by atoms with Gasteiger partial charge >= 0.3 is 5.97 Å². The maximum atomic E-state index is 13.9. The van der Waals surface area contributed by atoms with Crippen LogP contribution in [0.15, 0.2) is 84.9 Å². The molecule has 258 valence electrons. The minimum atomic E-state index is -2.34. The number of halogens is 3. The first-order valence-electron chi connectivity index (χ1n) is 15.3. The molecule has 11 nitrogen and oxygen atoms in total. The van der Waals surface area contributed by atoms with Gasteiger partial charge in [0.2, 0.25) is 12.2 Å². The van der Waals surface area contributed by atoms with Crippen LogP contribution in [0.25, 0.3) is 0 Å². The summed E-state index contributed by atoms with van der Waals surface area (Å²) in [6.07, 6.45) is -5.28. The highest BCUT2D eigenvalue weighted by Crippen LogP contribution is 2.38. The normalized spacial score (nSPS) is 22.0. The third-order valence-electron chi connectivity index (χ3n) is 7.89. The molecule has 0 bridgehead atoms. The van der Waals surface area contributed by atoms with Crippen LogP contribution in [0, 0.1) is 5.41 Å². The van der Waals surface area contributed by atoms with E-state index in [4.69, 9.17) is 63.9 Å². The van der Waals surface area contributed by atoms with E-state index in [0.717, 1.165) is 16.0 Å². The van der Waals surface area contributed by atoms with E-state index >= 15 is 0 Å². The summed E-state index contributed by atoms with van der Waals surface area (Å²) in [5.74, 6) is -3.03. The maximum Gasteiger partial charge on any atom is 0.306 e. The molecule has 2 amide bonds. The molecule has 3 aromatic rings. The molecule has 14 heteroatoms. The number of ether oxygens (including phenoxy) is 5. The van der Waals surface area contributed by atoms with Gasteiger partial charge in [-0.3, -0.25) is 24.7 Å². The Morgan fingerprint density at radius 1 is 0.796 bits per heavy atom. The fourth-order valence-electron chi connectivity index (χ4n) is 5.51. The molecule has 0 aromatic heterocycles. The number of imide groups is 1. The summed E-state index contributed by atoms with van der Waals surface area (Å²) in [6, 6.07) is 23.3. The molecule has 3 aromatic carbocycles. The van der Waals surface area contributed by atoms with Gasteiger partial charge in [-0.15, -0.1) is 0 Å². The summed E-state index contributed by atoms with van der Waals surface area (Å²) in [6.45, 7) is 0.993. The fraction of sp³-hybridized carbons (Fsp3) is 0.343. The largest absolute Gasteiger partial charge is 0.463 e. The Bertz CT molecular complexity index is 1630. The molecular weight excluding hydrogens is 699 g/mol. The van der Waals surface area contributed by atoms with Crippen LogP contribution in [-0.4, -0.2) is 75.4 Å². The number of esters is 1. The summed E-state index contributed by atoms with van der Waals surface area (Å²) < 4.78 is 28.2. The Balaban J connectivity index is 1.57. The van der Waals surface area contributed by atoms with Crippen molar-refractivity contribution < 1.29 is 42.9 Å². The number of rotatable bonds is 13. The summed E-state index contributed by atoms with van der Waals surface area (Å²) >= 11 is 18.0. The molecule has 1 fully saturated rings. The average Bonchev–Trinajstić information content (AvgIpc) is 3.33. The Hall–Kier alpha value is -3.84. The van der Waals surface area contributed by atoms with Crippen LogP contribution in [0.3, 0.4) is 0 Å². The molecule has 5 rings (SSSR count). The lowest BCUT2D eigenvalue weighted by Crippen LogP contribution is -2.67. The minimum Gasteiger partial charge on any atom is -0.463 e. The summed E-state index contributed by atoms with van der Waals surface area (Å²) in [5, 5.41) is 8.37. The molecule has 5 atom stereocenters. The molecule has 1 N–H and O–H groups in total. The number of alkyl halides is 3. The molecule has 49 heavy (non-hydrogen) atoms. The molecule has 0 radical (unpaired) electrons. The summed E-state index contributed by atoms with van der Waals surface area (Å²) in [4.78, 5) is 52.9. The number of hydrogen-bond donors (Lipinski definition) is 1. The highest BCUT2D eigenvalue weighted by molar-refractivity contribution is 6.76. The van der Waals surface area contributed by atoms with Crippen LogP contribution >= 0.6 is 34.8 Å². The minimum absolute atomic E-state index is 0.00385. The Morgan fingerprint density at radius 3 is 1.82 bits per heavy atom. The number of carbonyl (C=O) groups excluding carboxylic acids is 4. The number of nitrogens with zero attached hydrogens (tertiary/aromatic N) is 1. The number of amides is 2. The zero-order valence-corrected chi connectivity index (χ0v) is 28.5. The number of benzene rings is 3. The molecule has 0 unspecified atom stereocenters. The smallest absolute Gasteiger partial charge is 0.306 e. The lowest BCUT2D eigenvalue weighted by Gasteiger charge is -2.48. The van der Waals surface area contributed by atoms with Gasteiger partial charge < -0.3 is 28.5 Å². The van der Waals surface area contributed by atoms with Crippen LogP contribution in [0.4, 0.5) is 0 Å². The van der Waals surface area contributed by atoms with E-state index in [-0.39, 0.29) is 43.0 Å². The van der Waals surface area contributed by atoms with Gasteiger partial charge in [-0.2, -0.15) is 0 Å². The van der Waals surface area contributed by atoms with E-state index < -0.39 is 64.7 Å². The molecule has 2 heterocycles. The lowest BCUT2D eigenvalue weighted by molar-refractivity contribution is -0.280. The quantitative estimate of drug-likeness (QED) is 0.0757. The monoisotopic (exact) mass is 730 g/mol. The highest BCUT2D eigenvalue weighted by Gasteiger charge is 2.57. The van der Waals surface area contributed by atoms with Crippen molar-refractivity contribution in [3.63, 3.8) is 0 Å². The van der Waals surface area contributed by atoms with E-state index in [0.29, 0.717) is 0 Å². The van der Waals surface area contributed by atoms with Gasteiger partial charge in [0.15, 0.2) is 0 Å². The van der Waals surface area contributed by atoms with Crippen LogP contribution in [-0.2, 0) is 46.5 Å². The summed E-state index contributed by atoms with van der Waals surface area (Å²) in [7, 11) is 0. The van der Waals surface area contributed by atoms with Gasteiger partial charge in [-0.25, -0.2) is 0 Å². The van der Waals surface area contributed by atoms with E-state index in [9.17, 15) is 19.2 Å². The molecule has 1 saturated heterocycles. The van der Waals surface area contributed by atoms with Crippen molar-refractivity contribution in [3.8, 4) is 0 Å². The predicted octanol–water partition coefficient (Wildman–Crippen LogP) is 5.82. The van der Waals surface area contributed by atoms with Crippen LogP contribution in [0.5, 0.6) is 0 Å². The van der Waals surface area contributed by atoms with Gasteiger partial charge in [0.05, 0.1) is 30.8 Å². The van der Waals surface area contributed by atoms with E-state index in [1.165, 1.54) is 19.1 Å². The zero-order valence-electron chi connectivity index (χ0n) is 26.3. The van der Waals surface area contributed by atoms with Crippen LogP contribution in [0.1, 0.15) is 51.6 Å². The number of nitrogens with one attached hydrogen (secondary N) is 1. The molecule has 0 spiro atoms.